The maximum atomic E-state index is 11.9. The maximum Gasteiger partial charge on any atom is 0.287 e. The molecule has 4 N–H and O–H groups in total. The summed E-state index contributed by atoms with van der Waals surface area (Å²) in [6.07, 6.45) is 0. The third-order valence-corrected chi connectivity index (χ3v) is 6.93. The van der Waals surface area contributed by atoms with Crippen molar-refractivity contribution < 1.29 is 24.0 Å². The number of nitrogens with zero attached hydrogens (tertiary/aromatic N) is 3. The SMILES string of the molecule is Nc1ccc(C(=O)NCCN2CCOCC2)cc1Cl.O=C(NCCN1CCOCC1)c1ccc([N+](=O)[O-])c(Cl)c1. The molecule has 0 aliphatic carbocycles. The zero-order valence-electron chi connectivity index (χ0n) is 22.1. The van der Waals surface area contributed by atoms with Crippen LogP contribution in [-0.2, 0) is 9.47 Å². The quantitative estimate of drug-likeness (QED) is 0.225. The summed E-state index contributed by atoms with van der Waals surface area (Å²) in [7, 11) is 0. The van der Waals surface area contributed by atoms with Crippen LogP contribution < -0.4 is 16.4 Å². The number of morpholine rings is 2. The van der Waals surface area contributed by atoms with Gasteiger partial charge in [-0.3, -0.25) is 29.5 Å². The first kappa shape index (κ1) is 31.5. The fourth-order valence-corrected chi connectivity index (χ4v) is 4.40. The van der Waals surface area contributed by atoms with Gasteiger partial charge in [0.1, 0.15) is 5.02 Å². The molecule has 218 valence electrons. The van der Waals surface area contributed by atoms with Crippen LogP contribution in [0.15, 0.2) is 36.4 Å². The van der Waals surface area contributed by atoms with Crippen LogP contribution in [0.4, 0.5) is 11.4 Å². The van der Waals surface area contributed by atoms with E-state index in [-0.39, 0.29) is 22.5 Å². The van der Waals surface area contributed by atoms with Crippen molar-refractivity contribution >= 4 is 46.4 Å². The van der Waals surface area contributed by atoms with E-state index in [4.69, 9.17) is 38.4 Å². The molecule has 0 spiro atoms. The first-order valence-corrected chi connectivity index (χ1v) is 13.7. The number of nitro benzene ring substituents is 1. The lowest BCUT2D eigenvalue weighted by Crippen LogP contribution is -2.41. The molecule has 2 aliphatic rings. The Kier molecular flexibility index (Phi) is 12.9. The smallest absolute Gasteiger partial charge is 0.287 e. The molecule has 0 unspecified atom stereocenters. The van der Waals surface area contributed by atoms with E-state index in [0.717, 1.165) is 52.5 Å². The first-order valence-electron chi connectivity index (χ1n) is 12.9. The van der Waals surface area contributed by atoms with Crippen LogP contribution in [0.5, 0.6) is 0 Å². The number of nitrogens with one attached hydrogen (secondary N) is 2. The molecule has 2 fully saturated rings. The molecule has 4 rings (SSSR count). The van der Waals surface area contributed by atoms with Crippen LogP contribution in [0, 0.1) is 10.1 Å². The van der Waals surface area contributed by atoms with Crippen molar-refractivity contribution in [3.05, 3.63) is 67.7 Å². The van der Waals surface area contributed by atoms with Crippen molar-refractivity contribution in [2.75, 3.05) is 84.5 Å². The van der Waals surface area contributed by atoms with E-state index in [1.54, 1.807) is 18.2 Å². The molecule has 0 saturated carbocycles. The van der Waals surface area contributed by atoms with Crippen LogP contribution in [0.25, 0.3) is 0 Å². The van der Waals surface area contributed by atoms with Crippen LogP contribution in [0.3, 0.4) is 0 Å². The molecule has 2 saturated heterocycles. The number of carbonyl (C=O) groups excluding carboxylic acids is 2. The lowest BCUT2D eigenvalue weighted by molar-refractivity contribution is -0.384. The van der Waals surface area contributed by atoms with Crippen molar-refractivity contribution in [3.63, 3.8) is 0 Å². The number of halogens is 2. The molecule has 0 radical (unpaired) electrons. The van der Waals surface area contributed by atoms with Gasteiger partial charge in [-0.1, -0.05) is 23.2 Å². The third-order valence-electron chi connectivity index (χ3n) is 6.30. The van der Waals surface area contributed by atoms with Gasteiger partial charge in [0.25, 0.3) is 17.5 Å². The molecule has 2 aliphatic heterocycles. The van der Waals surface area contributed by atoms with E-state index in [9.17, 15) is 19.7 Å². The van der Waals surface area contributed by atoms with Gasteiger partial charge in [0.15, 0.2) is 0 Å². The summed E-state index contributed by atoms with van der Waals surface area (Å²) >= 11 is 11.7. The minimum Gasteiger partial charge on any atom is -0.398 e. The van der Waals surface area contributed by atoms with E-state index >= 15 is 0 Å². The van der Waals surface area contributed by atoms with E-state index < -0.39 is 4.92 Å². The van der Waals surface area contributed by atoms with Crippen LogP contribution >= 0.6 is 23.2 Å². The van der Waals surface area contributed by atoms with Gasteiger partial charge in [-0.15, -0.1) is 0 Å². The van der Waals surface area contributed by atoms with Crippen LogP contribution in [0.1, 0.15) is 20.7 Å². The molecular weight excluding hydrogens is 563 g/mol. The Hall–Kier alpha value is -3.00. The van der Waals surface area contributed by atoms with Crippen molar-refractivity contribution in [1.29, 1.82) is 0 Å². The standard InChI is InChI=1S/C13H16ClN3O4.C13H18ClN3O2/c14-11-9-10(1-2-12(11)17(19)20)13(18)15-3-4-16-5-7-21-8-6-16;14-11-9-10(1-2-12(11)15)13(18)16-3-4-17-5-7-19-8-6-17/h1-2,9H,3-8H2,(H,15,18);1-2,9H,3-8,15H2,(H,16,18). The van der Waals surface area contributed by atoms with Crippen LogP contribution in [0.2, 0.25) is 10.0 Å². The highest BCUT2D eigenvalue weighted by Crippen LogP contribution is 2.25. The summed E-state index contributed by atoms with van der Waals surface area (Å²) in [6, 6.07) is 8.84. The number of amides is 2. The molecule has 2 aromatic rings. The second-order valence-corrected chi connectivity index (χ2v) is 9.89. The Bertz CT molecular complexity index is 1160. The molecule has 14 heteroatoms. The Morgan fingerprint density at radius 1 is 0.825 bits per heavy atom. The van der Waals surface area contributed by atoms with Gasteiger partial charge in [-0.2, -0.15) is 0 Å². The van der Waals surface area contributed by atoms with E-state index in [2.05, 4.69) is 20.4 Å². The summed E-state index contributed by atoms with van der Waals surface area (Å²) in [5.74, 6) is -0.421. The predicted octanol–water partition coefficient (Wildman–Crippen LogP) is 2.29. The number of nitro groups is 1. The van der Waals surface area contributed by atoms with Gasteiger partial charge in [0, 0.05) is 69.6 Å². The fraction of sp³-hybridized carbons (Fsp3) is 0.462. The number of benzene rings is 2. The zero-order chi connectivity index (χ0) is 28.9. The predicted molar refractivity (Wildman–Crippen MR) is 153 cm³/mol. The highest BCUT2D eigenvalue weighted by atomic mass is 35.5. The Balaban J connectivity index is 0.000000222. The Labute approximate surface area is 242 Å². The number of ether oxygens (including phenoxy) is 2. The molecule has 2 amide bonds. The Morgan fingerprint density at radius 3 is 1.70 bits per heavy atom. The number of rotatable bonds is 9. The second kappa shape index (κ2) is 16.3. The third kappa shape index (κ3) is 10.2. The van der Waals surface area contributed by atoms with Gasteiger partial charge in [0.2, 0.25) is 0 Å². The summed E-state index contributed by atoms with van der Waals surface area (Å²) in [5, 5.41) is 16.7. The molecule has 12 nitrogen and oxygen atoms in total. The lowest BCUT2D eigenvalue weighted by Gasteiger charge is -2.26. The van der Waals surface area contributed by atoms with Crippen molar-refractivity contribution in [2.45, 2.75) is 0 Å². The lowest BCUT2D eigenvalue weighted by atomic mass is 10.2. The molecule has 0 atom stereocenters. The van der Waals surface area contributed by atoms with E-state index in [1.807, 2.05) is 0 Å². The summed E-state index contributed by atoms with van der Waals surface area (Å²) < 4.78 is 10.5. The van der Waals surface area contributed by atoms with Gasteiger partial charge < -0.3 is 25.8 Å². The van der Waals surface area contributed by atoms with Crippen LogP contribution in [-0.4, -0.2) is 105 Å². The number of carbonyl (C=O) groups is 2. The summed E-state index contributed by atoms with van der Waals surface area (Å²) in [6.45, 7) is 9.22. The minimum atomic E-state index is -0.581. The zero-order valence-corrected chi connectivity index (χ0v) is 23.6. The van der Waals surface area contributed by atoms with Gasteiger partial charge in [-0.05, 0) is 30.3 Å². The second-order valence-electron chi connectivity index (χ2n) is 9.08. The average Bonchev–Trinajstić information content (AvgIpc) is 2.95. The number of hydrogen-bond donors (Lipinski definition) is 3. The normalized spacial score (nSPS) is 15.9. The number of anilines is 1. The van der Waals surface area contributed by atoms with Gasteiger partial charge in [0.05, 0.1) is 42.1 Å². The monoisotopic (exact) mass is 596 g/mol. The maximum absolute atomic E-state index is 11.9. The van der Waals surface area contributed by atoms with E-state index in [0.29, 0.717) is 48.1 Å². The topological polar surface area (TPSA) is 152 Å². The van der Waals surface area contributed by atoms with Crippen molar-refractivity contribution in [3.8, 4) is 0 Å². The molecule has 2 aromatic carbocycles. The number of hydrogen-bond acceptors (Lipinski definition) is 9. The Morgan fingerprint density at radius 2 is 1.27 bits per heavy atom. The molecule has 40 heavy (non-hydrogen) atoms. The molecule has 0 bridgehead atoms. The minimum absolute atomic E-state index is 0.0409. The molecular formula is C26H34Cl2N6O6. The molecule has 0 aromatic heterocycles. The van der Waals surface area contributed by atoms with Gasteiger partial charge >= 0.3 is 0 Å². The highest BCUT2D eigenvalue weighted by Gasteiger charge is 2.16. The van der Waals surface area contributed by atoms with Crippen molar-refractivity contribution in [1.82, 2.24) is 20.4 Å². The van der Waals surface area contributed by atoms with Gasteiger partial charge in [-0.25, -0.2) is 0 Å². The largest absolute Gasteiger partial charge is 0.398 e. The number of nitrogen functional groups attached to an aromatic ring is 1. The van der Waals surface area contributed by atoms with E-state index in [1.165, 1.54) is 18.2 Å². The highest BCUT2D eigenvalue weighted by molar-refractivity contribution is 6.33. The van der Waals surface area contributed by atoms with Crippen molar-refractivity contribution in [2.24, 2.45) is 0 Å². The first-order chi connectivity index (χ1) is 19.2. The molecule has 2 heterocycles. The number of nitrogens with two attached hydrogens (primary N) is 1. The average molecular weight is 598 g/mol. The summed E-state index contributed by atoms with van der Waals surface area (Å²) in [5.41, 5.74) is 6.72. The summed E-state index contributed by atoms with van der Waals surface area (Å²) in [4.78, 5) is 38.4. The fourth-order valence-electron chi connectivity index (χ4n) is 3.97.